The third kappa shape index (κ3) is 5.31. The number of sulfonamides is 1. The molecule has 2 fully saturated rings. The van der Waals surface area contributed by atoms with E-state index in [0.717, 1.165) is 30.6 Å². The molecule has 0 saturated carbocycles. The van der Waals surface area contributed by atoms with E-state index in [1.165, 1.54) is 17.0 Å². The third-order valence-corrected chi connectivity index (χ3v) is 8.28. The number of hydrogen-bond donors (Lipinski definition) is 2. The monoisotopic (exact) mass is 550 g/mol. The molecule has 2 saturated heterocycles. The van der Waals surface area contributed by atoms with Gasteiger partial charge in [-0.2, -0.15) is 0 Å². The van der Waals surface area contributed by atoms with E-state index in [4.69, 9.17) is 16.3 Å². The molecule has 2 N–H and O–H groups in total. The minimum atomic E-state index is -3.36. The van der Waals surface area contributed by atoms with E-state index in [-0.39, 0.29) is 30.6 Å². The van der Waals surface area contributed by atoms with Gasteiger partial charge in [-0.1, -0.05) is 11.6 Å². The Kier molecular flexibility index (Phi) is 6.90. The number of halogens is 2. The van der Waals surface area contributed by atoms with Gasteiger partial charge in [0, 0.05) is 36.4 Å². The molecule has 9 nitrogen and oxygen atoms in total. The molecule has 3 aliphatic heterocycles. The van der Waals surface area contributed by atoms with Crippen molar-refractivity contribution in [3.05, 3.63) is 58.4 Å². The first-order chi connectivity index (χ1) is 17.5. The van der Waals surface area contributed by atoms with E-state index in [9.17, 15) is 22.4 Å². The van der Waals surface area contributed by atoms with Crippen molar-refractivity contribution in [1.82, 2.24) is 14.5 Å². The average Bonchev–Trinajstić information content (AvgIpc) is 3.07. The molecule has 198 valence electrons. The van der Waals surface area contributed by atoms with Gasteiger partial charge in [-0.25, -0.2) is 17.5 Å². The molecule has 3 aliphatic rings. The second-order valence-corrected chi connectivity index (χ2v) is 12.1. The van der Waals surface area contributed by atoms with Gasteiger partial charge in [0.15, 0.2) is 0 Å². The minimum absolute atomic E-state index is 0.0196. The van der Waals surface area contributed by atoms with Gasteiger partial charge in [-0.05, 0) is 61.8 Å². The molecule has 0 unspecified atom stereocenters. The lowest BCUT2D eigenvalue weighted by atomic mass is 9.73. The molecule has 1 spiro atoms. The van der Waals surface area contributed by atoms with E-state index in [2.05, 4.69) is 14.9 Å². The van der Waals surface area contributed by atoms with E-state index in [1.807, 2.05) is 12.1 Å². The molecule has 0 bridgehead atoms. The van der Waals surface area contributed by atoms with Crippen molar-refractivity contribution in [3.63, 3.8) is 0 Å². The number of nitrogens with zero attached hydrogens (tertiary/aromatic N) is 2. The van der Waals surface area contributed by atoms with Crippen LogP contribution < -0.4 is 14.8 Å². The standard InChI is InChI=1S/C25H28ClFN4O5S/c1-37(34,35)29-17-14-31(15-17)23(32)19-4-3-18(13-21(19)27)36-11-10-30-8-6-25(7-9-30)20-12-16(26)2-5-22(20)28-24(25)33/h2-5,12-13,17,29H,6-11,14-15H2,1H3,(H,28,33). The molecule has 3 heterocycles. The summed E-state index contributed by atoms with van der Waals surface area (Å²) in [5.74, 6) is -0.837. The number of benzene rings is 2. The highest BCUT2D eigenvalue weighted by Gasteiger charge is 2.48. The van der Waals surface area contributed by atoms with Gasteiger partial charge >= 0.3 is 0 Å². The zero-order chi connectivity index (χ0) is 26.4. The maximum absolute atomic E-state index is 14.6. The Bertz CT molecular complexity index is 1340. The highest BCUT2D eigenvalue weighted by atomic mass is 35.5. The van der Waals surface area contributed by atoms with Crippen molar-refractivity contribution < 1.29 is 27.1 Å². The van der Waals surface area contributed by atoms with Gasteiger partial charge in [0.25, 0.3) is 5.91 Å². The highest BCUT2D eigenvalue weighted by molar-refractivity contribution is 7.88. The molecule has 0 aromatic heterocycles. The van der Waals surface area contributed by atoms with Crippen molar-refractivity contribution in [2.24, 2.45) is 0 Å². The Hall–Kier alpha value is -2.73. The van der Waals surface area contributed by atoms with Crippen molar-refractivity contribution >= 4 is 39.1 Å². The fourth-order valence-corrected chi connectivity index (χ4v) is 6.21. The Morgan fingerprint density at radius 2 is 1.95 bits per heavy atom. The van der Waals surface area contributed by atoms with E-state index < -0.39 is 27.2 Å². The largest absolute Gasteiger partial charge is 0.492 e. The molecule has 0 aliphatic carbocycles. The van der Waals surface area contributed by atoms with Crippen LogP contribution in [0.25, 0.3) is 0 Å². The number of nitrogens with one attached hydrogen (secondary N) is 2. The summed E-state index contributed by atoms with van der Waals surface area (Å²) in [7, 11) is -3.36. The Morgan fingerprint density at radius 3 is 2.62 bits per heavy atom. The number of hydrogen-bond acceptors (Lipinski definition) is 6. The predicted molar refractivity (Wildman–Crippen MR) is 137 cm³/mol. The van der Waals surface area contributed by atoms with Gasteiger partial charge in [-0.3, -0.25) is 14.5 Å². The smallest absolute Gasteiger partial charge is 0.256 e. The fraction of sp³-hybridized carbons (Fsp3) is 0.440. The SMILES string of the molecule is CS(=O)(=O)NC1CN(C(=O)c2ccc(OCCN3CCC4(CC3)C(=O)Nc3ccc(Cl)cc34)cc2F)C1. The summed E-state index contributed by atoms with van der Waals surface area (Å²) < 4.78 is 45.3. The Morgan fingerprint density at radius 1 is 1.22 bits per heavy atom. The van der Waals surface area contributed by atoms with Crippen LogP contribution in [0.4, 0.5) is 10.1 Å². The molecule has 2 aromatic carbocycles. The minimum Gasteiger partial charge on any atom is -0.492 e. The summed E-state index contributed by atoms with van der Waals surface area (Å²) in [6.07, 6.45) is 2.41. The number of carbonyl (C=O) groups is 2. The van der Waals surface area contributed by atoms with Gasteiger partial charge in [-0.15, -0.1) is 0 Å². The van der Waals surface area contributed by atoms with Crippen LogP contribution in [0.5, 0.6) is 5.75 Å². The molecule has 0 radical (unpaired) electrons. The third-order valence-electron chi connectivity index (χ3n) is 7.29. The van der Waals surface area contributed by atoms with E-state index in [0.29, 0.717) is 36.8 Å². The molecule has 12 heteroatoms. The molecule has 0 atom stereocenters. The van der Waals surface area contributed by atoms with Crippen LogP contribution >= 0.6 is 11.6 Å². The lowest BCUT2D eigenvalue weighted by Crippen LogP contribution is -2.60. The first-order valence-electron chi connectivity index (χ1n) is 12.1. The lowest BCUT2D eigenvalue weighted by Gasteiger charge is -2.39. The summed E-state index contributed by atoms with van der Waals surface area (Å²) in [6, 6.07) is 9.27. The number of likely N-dealkylation sites (tertiary alicyclic amines) is 2. The number of ether oxygens (including phenoxy) is 1. The Balaban J connectivity index is 1.10. The van der Waals surface area contributed by atoms with Crippen molar-refractivity contribution in [1.29, 1.82) is 0 Å². The van der Waals surface area contributed by atoms with Crippen molar-refractivity contribution in [2.45, 2.75) is 24.3 Å². The number of rotatable bonds is 7. The quantitative estimate of drug-likeness (QED) is 0.547. The normalized spacial score (nSPS) is 19.4. The molecule has 5 rings (SSSR count). The topological polar surface area (TPSA) is 108 Å². The van der Waals surface area contributed by atoms with E-state index in [1.54, 1.807) is 12.1 Å². The second kappa shape index (κ2) is 9.86. The summed E-state index contributed by atoms with van der Waals surface area (Å²) in [6.45, 7) is 2.78. The maximum atomic E-state index is 14.6. The van der Waals surface area contributed by atoms with Crippen LogP contribution in [-0.2, 0) is 20.2 Å². The van der Waals surface area contributed by atoms with Crippen LogP contribution in [0.1, 0.15) is 28.8 Å². The predicted octanol–water partition coefficient (Wildman–Crippen LogP) is 2.22. The molecule has 2 aromatic rings. The summed E-state index contributed by atoms with van der Waals surface area (Å²) >= 11 is 6.18. The van der Waals surface area contributed by atoms with Gasteiger partial charge < -0.3 is 15.0 Å². The summed E-state index contributed by atoms with van der Waals surface area (Å²) in [5.41, 5.74) is 1.16. The van der Waals surface area contributed by atoms with Crippen LogP contribution in [-0.4, -0.2) is 81.7 Å². The highest BCUT2D eigenvalue weighted by Crippen LogP contribution is 2.45. The van der Waals surface area contributed by atoms with Gasteiger partial charge in [0.1, 0.15) is 18.2 Å². The average molecular weight is 551 g/mol. The van der Waals surface area contributed by atoms with Crippen LogP contribution in [0.3, 0.4) is 0 Å². The number of amides is 2. The number of carbonyl (C=O) groups excluding carboxylic acids is 2. The van der Waals surface area contributed by atoms with E-state index >= 15 is 0 Å². The summed E-state index contributed by atoms with van der Waals surface area (Å²) in [5, 5.41) is 3.59. The molecular weight excluding hydrogens is 523 g/mol. The van der Waals surface area contributed by atoms with Crippen LogP contribution in [0.15, 0.2) is 36.4 Å². The molecule has 2 amide bonds. The number of piperidine rings is 1. The molecular formula is C25H28ClFN4O5S. The van der Waals surface area contributed by atoms with Crippen molar-refractivity contribution in [3.8, 4) is 5.75 Å². The summed E-state index contributed by atoms with van der Waals surface area (Å²) in [4.78, 5) is 28.9. The second-order valence-electron chi connectivity index (χ2n) is 9.85. The first kappa shape index (κ1) is 25.9. The zero-order valence-corrected chi connectivity index (χ0v) is 21.9. The molecule has 37 heavy (non-hydrogen) atoms. The fourth-order valence-electron chi connectivity index (χ4n) is 5.28. The van der Waals surface area contributed by atoms with Gasteiger partial charge in [0.05, 0.1) is 23.3 Å². The van der Waals surface area contributed by atoms with Crippen LogP contribution in [0, 0.1) is 5.82 Å². The first-order valence-corrected chi connectivity index (χ1v) is 14.3. The zero-order valence-electron chi connectivity index (χ0n) is 20.3. The Labute approximate surface area is 220 Å². The number of anilines is 1. The van der Waals surface area contributed by atoms with Crippen molar-refractivity contribution in [2.75, 3.05) is 50.9 Å². The maximum Gasteiger partial charge on any atom is 0.256 e. The van der Waals surface area contributed by atoms with Crippen LogP contribution in [0.2, 0.25) is 5.02 Å². The number of fused-ring (bicyclic) bond motifs is 2. The lowest BCUT2D eigenvalue weighted by molar-refractivity contribution is -0.122. The van der Waals surface area contributed by atoms with Gasteiger partial charge in [0.2, 0.25) is 15.9 Å².